The fourth-order valence-electron chi connectivity index (χ4n) is 2.15. The van der Waals surface area contributed by atoms with Crippen LogP contribution in [-0.2, 0) is 9.84 Å². The number of anilines is 1. The van der Waals surface area contributed by atoms with Crippen LogP contribution in [0.2, 0.25) is 0 Å². The van der Waals surface area contributed by atoms with Gasteiger partial charge in [-0.25, -0.2) is 8.42 Å². The Labute approximate surface area is 153 Å². The number of aryl methyl sites for hydroxylation is 2. The first-order chi connectivity index (χ1) is 11.8. The summed E-state index contributed by atoms with van der Waals surface area (Å²) in [4.78, 5) is 0.378. The summed E-state index contributed by atoms with van der Waals surface area (Å²) in [6, 6.07) is 15.0. The number of hydrogen-bond donors (Lipinski definition) is 2. The zero-order valence-electron chi connectivity index (χ0n) is 14.5. The summed E-state index contributed by atoms with van der Waals surface area (Å²) in [5.74, 6) is 0. The van der Waals surface area contributed by atoms with E-state index in [2.05, 4.69) is 18.3 Å². The van der Waals surface area contributed by atoms with Crippen LogP contribution >= 0.6 is 11.8 Å². The second kappa shape index (κ2) is 8.36. The van der Waals surface area contributed by atoms with Gasteiger partial charge in [0.05, 0.1) is 16.0 Å². The summed E-state index contributed by atoms with van der Waals surface area (Å²) in [6.07, 6.45) is 3.22. The number of hydrogen-bond acceptors (Lipinski definition) is 5. The van der Waals surface area contributed by atoms with Crippen molar-refractivity contribution in [2.45, 2.75) is 24.8 Å². The minimum absolute atomic E-state index is 0.0566. The minimum atomic E-state index is -3.02. The lowest BCUT2D eigenvalue weighted by molar-refractivity contribution is 0.602. The molecule has 2 aromatic carbocycles. The zero-order chi connectivity index (χ0) is 18.4. The normalized spacial score (nSPS) is 16.3. The molecule has 6 heteroatoms. The molecule has 1 aliphatic heterocycles. The fraction of sp³-hybridized carbons (Fsp3) is 0.211. The number of sulfone groups is 1. The molecule has 0 aromatic heterocycles. The van der Waals surface area contributed by atoms with Crippen molar-refractivity contribution in [2.24, 2.45) is 0 Å². The van der Waals surface area contributed by atoms with Crippen LogP contribution in [0.25, 0.3) is 0 Å². The monoisotopic (exact) mass is 374 g/mol. The van der Waals surface area contributed by atoms with Crippen LogP contribution in [0.5, 0.6) is 0 Å². The highest BCUT2D eigenvalue weighted by Gasteiger charge is 2.16. The Morgan fingerprint density at radius 1 is 1.04 bits per heavy atom. The summed E-state index contributed by atoms with van der Waals surface area (Å²) in [6.45, 7) is 3.99. The van der Waals surface area contributed by atoms with E-state index in [0.29, 0.717) is 9.94 Å². The second-order valence-corrected chi connectivity index (χ2v) is 8.80. The Morgan fingerprint density at radius 3 is 2.20 bits per heavy atom. The number of rotatable bonds is 3. The maximum absolute atomic E-state index is 10.9. The lowest BCUT2D eigenvalue weighted by Crippen LogP contribution is -2.21. The maximum Gasteiger partial charge on any atom is 0.175 e. The molecule has 0 spiro atoms. The van der Waals surface area contributed by atoms with Crippen LogP contribution < -0.4 is 5.32 Å². The van der Waals surface area contributed by atoms with Crippen molar-refractivity contribution in [2.75, 3.05) is 11.6 Å². The molecule has 1 atom stereocenters. The molecule has 2 N–H and O–H groups in total. The minimum Gasteiger partial charge on any atom is -0.373 e. The largest absolute Gasteiger partial charge is 0.373 e. The van der Waals surface area contributed by atoms with Crippen molar-refractivity contribution in [3.63, 3.8) is 0 Å². The molecule has 0 fully saturated rings. The molecule has 25 heavy (non-hydrogen) atoms. The van der Waals surface area contributed by atoms with Gasteiger partial charge in [-0.1, -0.05) is 47.7 Å². The van der Waals surface area contributed by atoms with Crippen molar-refractivity contribution in [3.05, 3.63) is 71.1 Å². The lowest BCUT2D eigenvalue weighted by Gasteiger charge is -2.14. The topological polar surface area (TPSA) is 70.0 Å². The van der Waals surface area contributed by atoms with E-state index in [-0.39, 0.29) is 6.04 Å². The molecule has 2 aromatic rings. The van der Waals surface area contributed by atoms with Crippen molar-refractivity contribution in [1.29, 1.82) is 5.41 Å². The van der Waals surface area contributed by atoms with Gasteiger partial charge in [-0.3, -0.25) is 5.41 Å². The number of nitrogens with one attached hydrogen (secondary N) is 2. The summed E-state index contributed by atoms with van der Waals surface area (Å²) in [7, 11) is -3.02. The number of para-hydroxylation sites is 1. The third-order valence-electron chi connectivity index (χ3n) is 3.65. The molecule has 0 saturated heterocycles. The van der Waals surface area contributed by atoms with Crippen LogP contribution in [-0.4, -0.2) is 25.8 Å². The van der Waals surface area contributed by atoms with Crippen LogP contribution in [0.3, 0.4) is 0 Å². The third-order valence-corrected chi connectivity index (χ3v) is 5.58. The molecule has 0 bridgehead atoms. The van der Waals surface area contributed by atoms with Gasteiger partial charge >= 0.3 is 0 Å². The Morgan fingerprint density at radius 2 is 1.68 bits per heavy atom. The molecule has 0 amide bonds. The van der Waals surface area contributed by atoms with Gasteiger partial charge in [0.15, 0.2) is 9.84 Å². The standard InChI is InChI=1S/C11H12N2S.C8H10O2S/c1-8-4-2-3-5-9(8)13-10-6-7-14-11(10)12;1-7-3-5-8(6-4-7)11(2,9)10/h2-7,10,12-13H,1H3;3-6H,1-2H3. The Hall–Kier alpha value is -2.05. The van der Waals surface area contributed by atoms with Crippen molar-refractivity contribution in [3.8, 4) is 0 Å². The first-order valence-corrected chi connectivity index (χ1v) is 10.5. The van der Waals surface area contributed by atoms with E-state index in [1.54, 1.807) is 24.3 Å². The zero-order valence-corrected chi connectivity index (χ0v) is 16.1. The van der Waals surface area contributed by atoms with Crippen LogP contribution in [0, 0.1) is 19.3 Å². The molecule has 0 saturated carbocycles. The van der Waals surface area contributed by atoms with E-state index in [4.69, 9.17) is 5.41 Å². The van der Waals surface area contributed by atoms with Crippen molar-refractivity contribution < 1.29 is 8.42 Å². The van der Waals surface area contributed by atoms with Gasteiger partial charge in [0.2, 0.25) is 0 Å². The Balaban J connectivity index is 0.000000186. The van der Waals surface area contributed by atoms with Gasteiger partial charge in [-0.15, -0.1) is 0 Å². The van der Waals surface area contributed by atoms with Gasteiger partial charge in [-0.2, -0.15) is 0 Å². The highest BCUT2D eigenvalue weighted by Crippen LogP contribution is 2.22. The molecule has 0 radical (unpaired) electrons. The predicted molar refractivity (Wildman–Crippen MR) is 107 cm³/mol. The van der Waals surface area contributed by atoms with E-state index >= 15 is 0 Å². The summed E-state index contributed by atoms with van der Waals surface area (Å²) in [5, 5.41) is 13.6. The van der Waals surface area contributed by atoms with E-state index in [1.165, 1.54) is 23.6 Å². The van der Waals surface area contributed by atoms with Gasteiger partial charge in [0.25, 0.3) is 0 Å². The fourth-order valence-corrected chi connectivity index (χ4v) is 3.45. The number of benzene rings is 2. The first kappa shape index (κ1) is 19.3. The Bertz CT molecular complexity index is 873. The average Bonchev–Trinajstić information content (AvgIpc) is 2.95. The second-order valence-electron chi connectivity index (χ2n) is 5.83. The van der Waals surface area contributed by atoms with E-state index < -0.39 is 9.84 Å². The van der Waals surface area contributed by atoms with Gasteiger partial charge < -0.3 is 5.32 Å². The summed E-state index contributed by atoms with van der Waals surface area (Å²) in [5.41, 5.74) is 3.39. The van der Waals surface area contributed by atoms with Gasteiger partial charge in [0, 0.05) is 11.9 Å². The van der Waals surface area contributed by atoms with Crippen LogP contribution in [0.15, 0.2) is 64.9 Å². The molecule has 132 valence electrons. The number of thioether (sulfide) groups is 1. The highest BCUT2D eigenvalue weighted by atomic mass is 32.2. The SMILES string of the molecule is Cc1ccc(S(C)(=O)=O)cc1.Cc1ccccc1NC1C=CSC1=N. The molecule has 1 aliphatic rings. The van der Waals surface area contributed by atoms with E-state index in [1.807, 2.05) is 36.6 Å². The first-order valence-electron chi connectivity index (χ1n) is 7.78. The average molecular weight is 375 g/mol. The van der Waals surface area contributed by atoms with Crippen molar-refractivity contribution >= 4 is 32.3 Å². The van der Waals surface area contributed by atoms with Gasteiger partial charge in [0.1, 0.15) is 0 Å². The molecule has 0 aliphatic carbocycles. The van der Waals surface area contributed by atoms with Crippen molar-refractivity contribution in [1.82, 2.24) is 0 Å². The molecular weight excluding hydrogens is 352 g/mol. The smallest absolute Gasteiger partial charge is 0.175 e. The lowest BCUT2D eigenvalue weighted by atomic mass is 10.2. The van der Waals surface area contributed by atoms with Gasteiger partial charge in [-0.05, 0) is 49.1 Å². The quantitative estimate of drug-likeness (QED) is 0.835. The van der Waals surface area contributed by atoms with Crippen LogP contribution in [0.4, 0.5) is 5.69 Å². The molecule has 1 heterocycles. The Kier molecular flexibility index (Phi) is 6.45. The molecular formula is C19H22N2O2S2. The highest BCUT2D eigenvalue weighted by molar-refractivity contribution is 8.16. The maximum atomic E-state index is 10.9. The molecule has 1 unspecified atom stereocenters. The predicted octanol–water partition coefficient (Wildman–Crippen LogP) is 4.41. The molecule has 3 rings (SSSR count). The third kappa shape index (κ3) is 5.76. The summed E-state index contributed by atoms with van der Waals surface area (Å²) >= 11 is 1.47. The van der Waals surface area contributed by atoms with Crippen LogP contribution in [0.1, 0.15) is 11.1 Å². The molecule has 4 nitrogen and oxygen atoms in total. The summed E-state index contributed by atoms with van der Waals surface area (Å²) < 4.78 is 21.9. The van der Waals surface area contributed by atoms with E-state index in [0.717, 1.165) is 11.3 Å². The van der Waals surface area contributed by atoms with E-state index in [9.17, 15) is 8.42 Å².